The van der Waals surface area contributed by atoms with Gasteiger partial charge in [0.1, 0.15) is 5.82 Å². The molecule has 6 heteroatoms. The van der Waals surface area contributed by atoms with E-state index in [-0.39, 0.29) is 11.6 Å². The minimum atomic E-state index is -0.870. The van der Waals surface area contributed by atoms with Crippen LogP contribution in [0.5, 0.6) is 0 Å². The van der Waals surface area contributed by atoms with Gasteiger partial charge in [0.15, 0.2) is 5.16 Å². The Morgan fingerprint density at radius 2 is 2.38 bits per heavy atom. The van der Waals surface area contributed by atoms with Gasteiger partial charge in [-0.15, -0.1) is 0 Å². The first-order valence-corrected chi connectivity index (χ1v) is 8.10. The van der Waals surface area contributed by atoms with E-state index >= 15 is 0 Å². The Hall–Kier alpha value is -1.56. The number of aromatic nitrogens is 2. The van der Waals surface area contributed by atoms with Crippen molar-refractivity contribution >= 4 is 28.8 Å². The van der Waals surface area contributed by atoms with Crippen molar-refractivity contribution in [1.82, 2.24) is 9.55 Å². The molecule has 1 aliphatic carbocycles. The molecule has 3 rings (SSSR count). The molecule has 1 aromatic carbocycles. The van der Waals surface area contributed by atoms with E-state index in [0.29, 0.717) is 22.6 Å². The highest BCUT2D eigenvalue weighted by molar-refractivity contribution is 7.99. The summed E-state index contributed by atoms with van der Waals surface area (Å²) in [5, 5.41) is 9.54. The molecular formula is C15H17FN2O2S. The van der Waals surface area contributed by atoms with Gasteiger partial charge in [-0.3, -0.25) is 4.79 Å². The summed E-state index contributed by atoms with van der Waals surface area (Å²) in [5.74, 6) is -0.591. The summed E-state index contributed by atoms with van der Waals surface area (Å²) in [6.07, 6.45) is 3.39. The van der Waals surface area contributed by atoms with Crippen LogP contribution in [-0.4, -0.2) is 26.4 Å². The molecule has 4 nitrogen and oxygen atoms in total. The van der Waals surface area contributed by atoms with E-state index in [4.69, 9.17) is 5.11 Å². The van der Waals surface area contributed by atoms with Crippen LogP contribution in [0.1, 0.15) is 32.2 Å². The third-order valence-electron chi connectivity index (χ3n) is 3.82. The lowest BCUT2D eigenvalue weighted by atomic mass is 10.2. The van der Waals surface area contributed by atoms with Gasteiger partial charge in [-0.05, 0) is 30.9 Å². The Bertz CT molecular complexity index is 686. The molecule has 1 aliphatic rings. The summed E-state index contributed by atoms with van der Waals surface area (Å²) in [7, 11) is 0. The molecule has 21 heavy (non-hydrogen) atoms. The van der Waals surface area contributed by atoms with Gasteiger partial charge in [0.05, 0.1) is 16.8 Å². The van der Waals surface area contributed by atoms with Crippen molar-refractivity contribution in [3.63, 3.8) is 0 Å². The maximum Gasteiger partial charge on any atom is 0.313 e. The van der Waals surface area contributed by atoms with Crippen LogP contribution in [-0.2, 0) is 4.79 Å². The zero-order valence-electron chi connectivity index (χ0n) is 11.8. The van der Waals surface area contributed by atoms with E-state index < -0.39 is 5.97 Å². The largest absolute Gasteiger partial charge is 0.481 e. The third-order valence-corrected chi connectivity index (χ3v) is 4.76. The monoisotopic (exact) mass is 308 g/mol. The van der Waals surface area contributed by atoms with Crippen molar-refractivity contribution in [2.24, 2.45) is 5.92 Å². The number of hydrogen-bond acceptors (Lipinski definition) is 3. The highest BCUT2D eigenvalue weighted by atomic mass is 32.2. The second kappa shape index (κ2) is 5.67. The van der Waals surface area contributed by atoms with Crippen LogP contribution >= 0.6 is 11.8 Å². The summed E-state index contributed by atoms with van der Waals surface area (Å²) in [6.45, 7) is 2.16. The number of benzene rings is 1. The number of carboxylic acids is 1. The summed E-state index contributed by atoms with van der Waals surface area (Å²) in [5.41, 5.74) is 1.50. The van der Waals surface area contributed by atoms with E-state index in [1.807, 2.05) is 0 Å². The molecule has 112 valence electrons. The Kier molecular flexibility index (Phi) is 3.89. The third kappa shape index (κ3) is 2.90. The van der Waals surface area contributed by atoms with Crippen LogP contribution in [0.2, 0.25) is 0 Å². The standard InChI is InChI=1S/C15H17FN2O2S/c1-2-3-9-6-13(9)18-12-5-4-10(16)7-11(12)17-15(18)21-8-14(19)20/h4-5,7,9,13H,2-3,6,8H2,1H3,(H,19,20). The minimum Gasteiger partial charge on any atom is -0.481 e. The van der Waals surface area contributed by atoms with Gasteiger partial charge in [-0.1, -0.05) is 25.1 Å². The summed E-state index contributed by atoms with van der Waals surface area (Å²) < 4.78 is 15.5. The van der Waals surface area contributed by atoms with E-state index in [1.54, 1.807) is 6.07 Å². The van der Waals surface area contributed by atoms with Gasteiger partial charge in [0.25, 0.3) is 0 Å². The number of carboxylic acid groups (broad SMARTS) is 1. The second-order valence-electron chi connectivity index (χ2n) is 5.43. The number of hydrogen-bond donors (Lipinski definition) is 1. The Balaban J connectivity index is 1.97. The molecule has 2 aromatic rings. The summed E-state index contributed by atoms with van der Waals surface area (Å²) in [4.78, 5) is 15.2. The summed E-state index contributed by atoms with van der Waals surface area (Å²) >= 11 is 1.21. The molecule has 0 saturated heterocycles. The van der Waals surface area contributed by atoms with Crippen molar-refractivity contribution in [2.75, 3.05) is 5.75 Å². The van der Waals surface area contributed by atoms with Gasteiger partial charge >= 0.3 is 5.97 Å². The number of aliphatic carboxylic acids is 1. The molecule has 0 radical (unpaired) electrons. The SMILES string of the molecule is CCCC1CC1n1c(SCC(=O)O)nc2cc(F)ccc21. The number of carbonyl (C=O) groups is 1. The highest BCUT2D eigenvalue weighted by Gasteiger charge is 2.40. The molecular weight excluding hydrogens is 291 g/mol. The van der Waals surface area contributed by atoms with Crippen molar-refractivity contribution < 1.29 is 14.3 Å². The van der Waals surface area contributed by atoms with Gasteiger partial charge in [0.2, 0.25) is 0 Å². The number of nitrogens with zero attached hydrogens (tertiary/aromatic N) is 2. The van der Waals surface area contributed by atoms with Crippen LogP contribution in [0.25, 0.3) is 11.0 Å². The smallest absolute Gasteiger partial charge is 0.313 e. The number of rotatable bonds is 6. The number of halogens is 1. The first-order chi connectivity index (χ1) is 10.1. The quantitative estimate of drug-likeness (QED) is 0.826. The van der Waals surface area contributed by atoms with Crippen molar-refractivity contribution in [2.45, 2.75) is 37.4 Å². The normalized spacial score (nSPS) is 20.9. The molecule has 1 saturated carbocycles. The lowest BCUT2D eigenvalue weighted by molar-refractivity contribution is -0.133. The van der Waals surface area contributed by atoms with E-state index in [1.165, 1.54) is 23.9 Å². The lowest BCUT2D eigenvalue weighted by Crippen LogP contribution is -2.03. The minimum absolute atomic E-state index is 0.0308. The van der Waals surface area contributed by atoms with Gasteiger partial charge in [-0.2, -0.15) is 0 Å². The van der Waals surface area contributed by atoms with Crippen LogP contribution in [0, 0.1) is 11.7 Å². The first kappa shape index (κ1) is 14.4. The van der Waals surface area contributed by atoms with Gasteiger partial charge in [0, 0.05) is 12.1 Å². The molecule has 0 amide bonds. The molecule has 2 atom stereocenters. The van der Waals surface area contributed by atoms with E-state index in [0.717, 1.165) is 24.8 Å². The Morgan fingerprint density at radius 1 is 1.57 bits per heavy atom. The average molecular weight is 308 g/mol. The maximum atomic E-state index is 13.4. The van der Waals surface area contributed by atoms with Crippen molar-refractivity contribution in [3.8, 4) is 0 Å². The maximum absolute atomic E-state index is 13.4. The number of fused-ring (bicyclic) bond motifs is 1. The number of imidazole rings is 1. The van der Waals surface area contributed by atoms with Crippen molar-refractivity contribution in [3.05, 3.63) is 24.0 Å². The molecule has 1 fully saturated rings. The first-order valence-electron chi connectivity index (χ1n) is 7.12. The fourth-order valence-corrected chi connectivity index (χ4v) is 3.62. The molecule has 1 N–H and O–H groups in total. The molecule has 0 aliphatic heterocycles. The van der Waals surface area contributed by atoms with Gasteiger partial charge in [-0.25, -0.2) is 9.37 Å². The predicted molar refractivity (Wildman–Crippen MR) is 80.1 cm³/mol. The lowest BCUT2D eigenvalue weighted by Gasteiger charge is -2.07. The van der Waals surface area contributed by atoms with Crippen LogP contribution in [0.4, 0.5) is 4.39 Å². The van der Waals surface area contributed by atoms with Gasteiger partial charge < -0.3 is 9.67 Å². The van der Waals surface area contributed by atoms with Crippen LogP contribution < -0.4 is 0 Å². The zero-order chi connectivity index (χ0) is 15.0. The Labute approximate surface area is 126 Å². The fraction of sp³-hybridized carbons (Fsp3) is 0.467. The fourth-order valence-electron chi connectivity index (χ4n) is 2.83. The molecule has 1 aromatic heterocycles. The van der Waals surface area contributed by atoms with E-state index in [9.17, 15) is 9.18 Å². The van der Waals surface area contributed by atoms with E-state index in [2.05, 4.69) is 16.5 Å². The molecule has 0 spiro atoms. The summed E-state index contributed by atoms with van der Waals surface area (Å²) in [6, 6.07) is 4.96. The van der Waals surface area contributed by atoms with Crippen LogP contribution in [0.3, 0.4) is 0 Å². The predicted octanol–water partition coefficient (Wildman–Crippen LogP) is 3.71. The van der Waals surface area contributed by atoms with Crippen molar-refractivity contribution in [1.29, 1.82) is 0 Å². The second-order valence-corrected chi connectivity index (χ2v) is 6.37. The Morgan fingerprint density at radius 3 is 3.10 bits per heavy atom. The highest BCUT2D eigenvalue weighted by Crippen LogP contribution is 2.49. The molecule has 0 bridgehead atoms. The average Bonchev–Trinajstić information content (AvgIpc) is 3.08. The van der Waals surface area contributed by atoms with Crippen LogP contribution in [0.15, 0.2) is 23.4 Å². The number of thioether (sulfide) groups is 1. The molecule has 1 heterocycles. The topological polar surface area (TPSA) is 55.1 Å². The molecule has 2 unspecified atom stereocenters. The zero-order valence-corrected chi connectivity index (χ0v) is 12.6.